The van der Waals surface area contributed by atoms with E-state index < -0.39 is 0 Å². The van der Waals surface area contributed by atoms with Crippen LogP contribution >= 0.6 is 0 Å². The Kier molecular flexibility index (Phi) is 5.84. The van der Waals surface area contributed by atoms with Gasteiger partial charge in [-0.2, -0.15) is 5.26 Å². The molecule has 3 rings (SSSR count). The van der Waals surface area contributed by atoms with Crippen molar-refractivity contribution in [2.24, 2.45) is 0 Å². The van der Waals surface area contributed by atoms with Gasteiger partial charge in [-0.05, 0) is 11.6 Å². The molecule has 0 unspecified atom stereocenters. The molecule has 0 amide bonds. The van der Waals surface area contributed by atoms with Crippen LogP contribution in [0.25, 0.3) is 0 Å². The van der Waals surface area contributed by atoms with Gasteiger partial charge >= 0.3 is 0 Å². The number of para-hydroxylation sites is 1. The quantitative estimate of drug-likeness (QED) is 0.888. The largest absolute Gasteiger partial charge is 0.489 e. The molecule has 0 aromatic heterocycles. The Balaban J connectivity index is 1.79. The van der Waals surface area contributed by atoms with E-state index in [4.69, 9.17) is 4.74 Å². The lowest BCUT2D eigenvalue weighted by molar-refractivity contribution is 0.170. The summed E-state index contributed by atoms with van der Waals surface area (Å²) in [6.45, 7) is 4.39. The Labute approximate surface area is 143 Å². The Morgan fingerprint density at radius 1 is 1.04 bits per heavy atom. The normalized spacial score (nSPS) is 16.3. The van der Waals surface area contributed by atoms with Crippen molar-refractivity contribution in [3.63, 3.8) is 0 Å². The van der Waals surface area contributed by atoms with Crippen molar-refractivity contribution >= 4 is 0 Å². The standard InChI is InChI=1S/C20H23N3O/c21-11-10-19(23-14-12-22-13-15-23)18-8-4-5-9-20(18)24-16-17-6-2-1-3-7-17/h1-9,19,22H,10,12-16H2/t19-/m1/s1. The minimum absolute atomic E-state index is 0.0871. The highest BCUT2D eigenvalue weighted by Crippen LogP contribution is 2.32. The summed E-state index contributed by atoms with van der Waals surface area (Å²) in [6.07, 6.45) is 0.478. The zero-order valence-corrected chi connectivity index (χ0v) is 13.8. The summed E-state index contributed by atoms with van der Waals surface area (Å²) in [6, 6.07) is 20.7. The maximum absolute atomic E-state index is 9.29. The third-order valence-electron chi connectivity index (χ3n) is 4.39. The Hall–Kier alpha value is -2.35. The van der Waals surface area contributed by atoms with Crippen molar-refractivity contribution in [2.45, 2.75) is 19.1 Å². The van der Waals surface area contributed by atoms with E-state index in [0.717, 1.165) is 43.1 Å². The van der Waals surface area contributed by atoms with E-state index in [1.807, 2.05) is 36.4 Å². The SMILES string of the molecule is N#CC[C@H](c1ccccc1OCc1ccccc1)N1CCNCC1. The van der Waals surface area contributed by atoms with Crippen molar-refractivity contribution in [1.82, 2.24) is 10.2 Å². The molecule has 1 N–H and O–H groups in total. The Morgan fingerprint density at radius 2 is 1.75 bits per heavy atom. The van der Waals surface area contributed by atoms with Gasteiger partial charge in [0.2, 0.25) is 0 Å². The first kappa shape index (κ1) is 16.5. The monoisotopic (exact) mass is 321 g/mol. The van der Waals surface area contributed by atoms with Crippen LogP contribution in [0.3, 0.4) is 0 Å². The van der Waals surface area contributed by atoms with Crippen LogP contribution in [0.4, 0.5) is 0 Å². The second kappa shape index (κ2) is 8.49. The lowest BCUT2D eigenvalue weighted by atomic mass is 10.0. The zero-order valence-electron chi connectivity index (χ0n) is 13.8. The van der Waals surface area contributed by atoms with Gasteiger partial charge in [-0.1, -0.05) is 48.5 Å². The van der Waals surface area contributed by atoms with Crippen molar-refractivity contribution in [3.05, 3.63) is 65.7 Å². The highest BCUT2D eigenvalue weighted by molar-refractivity contribution is 5.37. The highest BCUT2D eigenvalue weighted by Gasteiger charge is 2.24. The number of nitrogens with zero attached hydrogens (tertiary/aromatic N) is 2. The minimum Gasteiger partial charge on any atom is -0.489 e. The van der Waals surface area contributed by atoms with E-state index in [-0.39, 0.29) is 6.04 Å². The Morgan fingerprint density at radius 3 is 2.50 bits per heavy atom. The highest BCUT2D eigenvalue weighted by atomic mass is 16.5. The Bertz CT molecular complexity index is 675. The maximum atomic E-state index is 9.29. The van der Waals surface area contributed by atoms with Crippen LogP contribution in [0.5, 0.6) is 5.75 Å². The fourth-order valence-electron chi connectivity index (χ4n) is 3.14. The molecule has 4 nitrogen and oxygen atoms in total. The summed E-state index contributed by atoms with van der Waals surface area (Å²) in [5.74, 6) is 0.875. The molecule has 24 heavy (non-hydrogen) atoms. The molecule has 4 heteroatoms. The molecule has 2 aromatic carbocycles. The number of ether oxygens (including phenoxy) is 1. The molecule has 1 aliphatic heterocycles. The number of rotatable bonds is 6. The number of nitrogens with one attached hydrogen (secondary N) is 1. The van der Waals surface area contributed by atoms with Crippen LogP contribution in [0, 0.1) is 11.3 Å². The summed E-state index contributed by atoms with van der Waals surface area (Å²) in [5.41, 5.74) is 2.25. The van der Waals surface area contributed by atoms with Gasteiger partial charge in [-0.25, -0.2) is 0 Å². The van der Waals surface area contributed by atoms with Crippen LogP contribution in [0.1, 0.15) is 23.6 Å². The topological polar surface area (TPSA) is 48.3 Å². The van der Waals surface area contributed by atoms with E-state index in [0.29, 0.717) is 13.0 Å². The molecule has 1 heterocycles. The van der Waals surface area contributed by atoms with Gasteiger partial charge in [0.05, 0.1) is 18.5 Å². The predicted octanol–water partition coefficient (Wildman–Crippen LogP) is 3.13. The van der Waals surface area contributed by atoms with Crippen LogP contribution in [-0.2, 0) is 6.61 Å². The maximum Gasteiger partial charge on any atom is 0.124 e. The molecule has 1 aliphatic rings. The van der Waals surface area contributed by atoms with Crippen LogP contribution in [0.2, 0.25) is 0 Å². The number of hydrogen-bond acceptors (Lipinski definition) is 4. The number of hydrogen-bond donors (Lipinski definition) is 1. The minimum atomic E-state index is 0.0871. The molecule has 1 atom stereocenters. The van der Waals surface area contributed by atoms with Gasteiger partial charge in [-0.15, -0.1) is 0 Å². The number of benzene rings is 2. The fraction of sp³-hybridized carbons (Fsp3) is 0.350. The summed E-state index contributed by atoms with van der Waals surface area (Å²) in [5, 5.41) is 12.7. The van der Waals surface area contributed by atoms with Gasteiger partial charge in [0, 0.05) is 31.7 Å². The van der Waals surface area contributed by atoms with E-state index in [9.17, 15) is 5.26 Å². The summed E-state index contributed by atoms with van der Waals surface area (Å²) in [4.78, 5) is 2.38. The molecule has 1 fully saturated rings. The molecular weight excluding hydrogens is 298 g/mol. The molecule has 124 valence electrons. The fourth-order valence-corrected chi connectivity index (χ4v) is 3.14. The predicted molar refractivity (Wildman–Crippen MR) is 94.6 cm³/mol. The molecular formula is C20H23N3O. The van der Waals surface area contributed by atoms with Gasteiger partial charge in [0.25, 0.3) is 0 Å². The zero-order chi connectivity index (χ0) is 16.6. The van der Waals surface area contributed by atoms with E-state index >= 15 is 0 Å². The number of nitriles is 1. The smallest absolute Gasteiger partial charge is 0.124 e. The van der Waals surface area contributed by atoms with Crippen LogP contribution < -0.4 is 10.1 Å². The van der Waals surface area contributed by atoms with E-state index in [1.54, 1.807) is 0 Å². The second-order valence-corrected chi connectivity index (χ2v) is 5.98. The third kappa shape index (κ3) is 4.14. The van der Waals surface area contributed by atoms with Gasteiger partial charge in [0.1, 0.15) is 12.4 Å². The van der Waals surface area contributed by atoms with Crippen LogP contribution in [0.15, 0.2) is 54.6 Å². The van der Waals surface area contributed by atoms with Gasteiger partial charge < -0.3 is 10.1 Å². The molecule has 0 aliphatic carbocycles. The first-order chi connectivity index (χ1) is 11.9. The third-order valence-corrected chi connectivity index (χ3v) is 4.39. The van der Waals surface area contributed by atoms with Gasteiger partial charge in [0.15, 0.2) is 0 Å². The van der Waals surface area contributed by atoms with E-state index in [2.05, 4.69) is 34.5 Å². The van der Waals surface area contributed by atoms with E-state index in [1.165, 1.54) is 0 Å². The van der Waals surface area contributed by atoms with Crippen molar-refractivity contribution < 1.29 is 4.74 Å². The van der Waals surface area contributed by atoms with Crippen molar-refractivity contribution in [3.8, 4) is 11.8 Å². The summed E-state index contributed by atoms with van der Waals surface area (Å²) >= 11 is 0. The first-order valence-corrected chi connectivity index (χ1v) is 8.46. The molecule has 0 radical (unpaired) electrons. The van der Waals surface area contributed by atoms with Crippen molar-refractivity contribution in [1.29, 1.82) is 5.26 Å². The average molecular weight is 321 g/mol. The summed E-state index contributed by atoms with van der Waals surface area (Å²) in [7, 11) is 0. The lowest BCUT2D eigenvalue weighted by Gasteiger charge is -2.34. The first-order valence-electron chi connectivity index (χ1n) is 8.46. The number of piperazine rings is 1. The molecule has 0 spiro atoms. The average Bonchev–Trinajstić information content (AvgIpc) is 2.66. The van der Waals surface area contributed by atoms with Gasteiger partial charge in [-0.3, -0.25) is 4.90 Å². The molecule has 1 saturated heterocycles. The van der Waals surface area contributed by atoms with Crippen molar-refractivity contribution in [2.75, 3.05) is 26.2 Å². The van der Waals surface area contributed by atoms with Crippen LogP contribution in [-0.4, -0.2) is 31.1 Å². The molecule has 2 aromatic rings. The summed E-state index contributed by atoms with van der Waals surface area (Å²) < 4.78 is 6.09. The molecule has 0 saturated carbocycles. The lowest BCUT2D eigenvalue weighted by Crippen LogP contribution is -2.45. The molecule has 0 bridgehead atoms. The second-order valence-electron chi connectivity index (χ2n) is 5.98.